The highest BCUT2D eigenvalue weighted by Gasteiger charge is 2.31. The lowest BCUT2D eigenvalue weighted by Crippen LogP contribution is -2.41. The predicted octanol–water partition coefficient (Wildman–Crippen LogP) is 1.88. The third kappa shape index (κ3) is 2.35. The van der Waals surface area contributed by atoms with Crippen molar-refractivity contribution in [3.05, 3.63) is 22.4 Å². The summed E-state index contributed by atoms with van der Waals surface area (Å²) in [6.45, 7) is 4.94. The molecule has 14 heavy (non-hydrogen) atoms. The van der Waals surface area contributed by atoms with Gasteiger partial charge in [0, 0.05) is 12.0 Å². The molecule has 1 unspecified atom stereocenters. The Hall–Kier alpha value is -0.380. The van der Waals surface area contributed by atoms with E-state index in [-0.39, 0.29) is 12.0 Å². The summed E-state index contributed by atoms with van der Waals surface area (Å²) < 4.78 is 0. The molecule has 1 rings (SSSR count). The SMILES string of the molecule is CC(C)C(CN)(CO)Cc1ccsc1. The van der Waals surface area contributed by atoms with E-state index in [0.29, 0.717) is 12.5 Å². The average Bonchev–Trinajstić information content (AvgIpc) is 2.66. The summed E-state index contributed by atoms with van der Waals surface area (Å²) >= 11 is 1.69. The van der Waals surface area contributed by atoms with Gasteiger partial charge in [-0.15, -0.1) is 0 Å². The highest BCUT2D eigenvalue weighted by molar-refractivity contribution is 7.07. The summed E-state index contributed by atoms with van der Waals surface area (Å²) in [7, 11) is 0. The summed E-state index contributed by atoms with van der Waals surface area (Å²) in [5.41, 5.74) is 6.91. The summed E-state index contributed by atoms with van der Waals surface area (Å²) in [4.78, 5) is 0. The first-order valence-electron chi connectivity index (χ1n) is 4.96. The van der Waals surface area contributed by atoms with E-state index in [4.69, 9.17) is 5.73 Å². The van der Waals surface area contributed by atoms with Gasteiger partial charge in [-0.05, 0) is 34.7 Å². The van der Waals surface area contributed by atoms with Crippen LogP contribution in [0.4, 0.5) is 0 Å². The third-order valence-electron chi connectivity index (χ3n) is 3.08. The van der Waals surface area contributed by atoms with Crippen LogP contribution in [0.5, 0.6) is 0 Å². The number of aliphatic hydroxyl groups is 1. The van der Waals surface area contributed by atoms with E-state index in [1.807, 2.05) is 0 Å². The van der Waals surface area contributed by atoms with Gasteiger partial charge in [0.25, 0.3) is 0 Å². The van der Waals surface area contributed by atoms with Crippen molar-refractivity contribution in [1.29, 1.82) is 0 Å². The molecule has 0 aliphatic heterocycles. The van der Waals surface area contributed by atoms with Crippen molar-refractivity contribution in [3.63, 3.8) is 0 Å². The average molecular weight is 213 g/mol. The van der Waals surface area contributed by atoms with E-state index in [1.54, 1.807) is 11.3 Å². The molecule has 1 atom stereocenters. The fourth-order valence-electron chi connectivity index (χ4n) is 1.61. The van der Waals surface area contributed by atoms with Gasteiger partial charge in [-0.25, -0.2) is 0 Å². The Morgan fingerprint density at radius 1 is 1.57 bits per heavy atom. The summed E-state index contributed by atoms with van der Waals surface area (Å²) in [6.07, 6.45) is 0.876. The number of hydrogen-bond acceptors (Lipinski definition) is 3. The second-order valence-corrected chi connectivity index (χ2v) is 4.97. The molecule has 2 nitrogen and oxygen atoms in total. The Morgan fingerprint density at radius 3 is 2.64 bits per heavy atom. The molecular weight excluding hydrogens is 194 g/mol. The van der Waals surface area contributed by atoms with E-state index >= 15 is 0 Å². The molecule has 0 radical (unpaired) electrons. The zero-order chi connectivity index (χ0) is 10.6. The fourth-order valence-corrected chi connectivity index (χ4v) is 2.28. The number of thiophene rings is 1. The van der Waals surface area contributed by atoms with Crippen LogP contribution in [-0.2, 0) is 6.42 Å². The third-order valence-corrected chi connectivity index (χ3v) is 3.81. The van der Waals surface area contributed by atoms with Crippen molar-refractivity contribution in [1.82, 2.24) is 0 Å². The molecule has 0 bridgehead atoms. The topological polar surface area (TPSA) is 46.2 Å². The normalized spacial score (nSPS) is 15.8. The van der Waals surface area contributed by atoms with Crippen LogP contribution in [0.1, 0.15) is 19.4 Å². The molecule has 1 aromatic heterocycles. The van der Waals surface area contributed by atoms with Crippen LogP contribution >= 0.6 is 11.3 Å². The lowest BCUT2D eigenvalue weighted by atomic mass is 9.74. The Labute approximate surface area is 89.8 Å². The van der Waals surface area contributed by atoms with Gasteiger partial charge in [0.2, 0.25) is 0 Å². The van der Waals surface area contributed by atoms with E-state index in [1.165, 1.54) is 5.56 Å². The summed E-state index contributed by atoms with van der Waals surface area (Å²) in [5.74, 6) is 0.400. The highest BCUT2D eigenvalue weighted by Crippen LogP contribution is 2.30. The number of hydrogen-bond donors (Lipinski definition) is 2. The molecule has 0 spiro atoms. The van der Waals surface area contributed by atoms with Crippen LogP contribution < -0.4 is 5.73 Å². The molecule has 1 aromatic rings. The molecule has 80 valence electrons. The zero-order valence-corrected chi connectivity index (χ0v) is 9.68. The maximum Gasteiger partial charge on any atom is 0.0505 e. The minimum absolute atomic E-state index is 0.152. The summed E-state index contributed by atoms with van der Waals surface area (Å²) in [5, 5.41) is 13.7. The smallest absolute Gasteiger partial charge is 0.0505 e. The Balaban J connectivity index is 2.78. The Kier molecular flexibility index (Phi) is 4.11. The van der Waals surface area contributed by atoms with Crippen LogP contribution in [0.2, 0.25) is 0 Å². The molecule has 3 N–H and O–H groups in total. The molecule has 3 heteroatoms. The maximum atomic E-state index is 9.47. The molecule has 0 saturated carbocycles. The molecule has 1 heterocycles. The van der Waals surface area contributed by atoms with Gasteiger partial charge in [0.05, 0.1) is 6.61 Å². The zero-order valence-electron chi connectivity index (χ0n) is 8.86. The lowest BCUT2D eigenvalue weighted by molar-refractivity contribution is 0.0844. The maximum absolute atomic E-state index is 9.47. The van der Waals surface area contributed by atoms with Crippen molar-refractivity contribution in [2.45, 2.75) is 20.3 Å². The molecule has 0 amide bonds. The predicted molar refractivity (Wildman–Crippen MR) is 61.4 cm³/mol. The van der Waals surface area contributed by atoms with Gasteiger partial charge in [-0.2, -0.15) is 11.3 Å². The molecule has 0 saturated heterocycles. The van der Waals surface area contributed by atoms with Crippen LogP contribution in [0, 0.1) is 11.3 Å². The van der Waals surface area contributed by atoms with Crippen molar-refractivity contribution >= 4 is 11.3 Å². The first-order chi connectivity index (χ1) is 6.64. The van der Waals surface area contributed by atoms with Crippen LogP contribution in [0.15, 0.2) is 16.8 Å². The number of nitrogens with two attached hydrogens (primary N) is 1. The second-order valence-electron chi connectivity index (χ2n) is 4.19. The largest absolute Gasteiger partial charge is 0.396 e. The van der Waals surface area contributed by atoms with Crippen molar-refractivity contribution in [3.8, 4) is 0 Å². The van der Waals surface area contributed by atoms with Crippen LogP contribution in [0.25, 0.3) is 0 Å². The van der Waals surface area contributed by atoms with E-state index in [2.05, 4.69) is 30.7 Å². The van der Waals surface area contributed by atoms with Crippen molar-refractivity contribution in [2.24, 2.45) is 17.1 Å². The van der Waals surface area contributed by atoms with E-state index < -0.39 is 0 Å². The van der Waals surface area contributed by atoms with Crippen LogP contribution in [-0.4, -0.2) is 18.3 Å². The van der Waals surface area contributed by atoms with Gasteiger partial charge in [0.15, 0.2) is 0 Å². The van der Waals surface area contributed by atoms with Crippen molar-refractivity contribution < 1.29 is 5.11 Å². The quantitative estimate of drug-likeness (QED) is 0.784. The standard InChI is InChI=1S/C11H19NOS/c1-9(2)11(7-12,8-13)5-10-3-4-14-6-10/h3-4,6,9,13H,5,7-8,12H2,1-2H3. The Morgan fingerprint density at radius 2 is 2.29 bits per heavy atom. The molecular formula is C11H19NOS. The monoisotopic (exact) mass is 213 g/mol. The molecule has 0 aliphatic rings. The lowest BCUT2D eigenvalue weighted by Gasteiger charge is -2.34. The minimum Gasteiger partial charge on any atom is -0.396 e. The number of rotatable bonds is 5. The second kappa shape index (κ2) is 4.91. The van der Waals surface area contributed by atoms with E-state index in [9.17, 15) is 5.11 Å². The minimum atomic E-state index is -0.152. The first-order valence-corrected chi connectivity index (χ1v) is 5.91. The molecule has 0 aliphatic carbocycles. The van der Waals surface area contributed by atoms with Crippen molar-refractivity contribution in [2.75, 3.05) is 13.2 Å². The van der Waals surface area contributed by atoms with E-state index in [0.717, 1.165) is 6.42 Å². The first kappa shape index (κ1) is 11.7. The summed E-state index contributed by atoms with van der Waals surface area (Å²) in [6, 6.07) is 2.10. The van der Waals surface area contributed by atoms with Gasteiger partial charge in [-0.3, -0.25) is 0 Å². The van der Waals surface area contributed by atoms with Gasteiger partial charge < -0.3 is 10.8 Å². The fraction of sp³-hybridized carbons (Fsp3) is 0.636. The van der Waals surface area contributed by atoms with Gasteiger partial charge >= 0.3 is 0 Å². The van der Waals surface area contributed by atoms with Crippen LogP contribution in [0.3, 0.4) is 0 Å². The van der Waals surface area contributed by atoms with Gasteiger partial charge in [-0.1, -0.05) is 13.8 Å². The van der Waals surface area contributed by atoms with Gasteiger partial charge in [0.1, 0.15) is 0 Å². The molecule has 0 aromatic carbocycles. The Bertz CT molecular complexity index is 252. The molecule has 0 fully saturated rings. The highest BCUT2D eigenvalue weighted by atomic mass is 32.1. The number of aliphatic hydroxyl groups excluding tert-OH is 1.